The predicted molar refractivity (Wildman–Crippen MR) is 75.7 cm³/mol. The third-order valence-electron chi connectivity index (χ3n) is 4.47. The van der Waals surface area contributed by atoms with Gasteiger partial charge in [-0.15, -0.1) is 0 Å². The van der Waals surface area contributed by atoms with Crippen LogP contribution in [0.5, 0.6) is 0 Å². The molecule has 104 valence electrons. The van der Waals surface area contributed by atoms with Gasteiger partial charge in [-0.1, -0.05) is 0 Å². The first-order valence-electron chi connectivity index (χ1n) is 6.81. The number of aryl methyl sites for hydroxylation is 1. The van der Waals surface area contributed by atoms with Crippen LogP contribution in [0.3, 0.4) is 0 Å². The molecule has 19 heavy (non-hydrogen) atoms. The summed E-state index contributed by atoms with van der Waals surface area (Å²) in [4.78, 5) is 12.3. The zero-order valence-electron chi connectivity index (χ0n) is 11.1. The number of amides is 1. The largest absolute Gasteiger partial charge is 0.349 e. The van der Waals surface area contributed by atoms with Crippen molar-refractivity contribution in [3.05, 3.63) is 16.4 Å². The summed E-state index contributed by atoms with van der Waals surface area (Å²) in [6.45, 7) is 1.01. The van der Waals surface area contributed by atoms with Crippen molar-refractivity contribution in [3.8, 4) is 0 Å². The van der Waals surface area contributed by atoms with Crippen LogP contribution in [0.4, 0.5) is 0 Å². The van der Waals surface area contributed by atoms with E-state index in [1.807, 2.05) is 7.05 Å². The highest BCUT2D eigenvalue weighted by atomic mass is 79.9. The number of nitrogens with one attached hydrogen (secondary N) is 2. The number of nitrogens with zero attached hydrogens (tertiary/aromatic N) is 2. The molecule has 2 N–H and O–H groups in total. The molecule has 1 saturated carbocycles. The number of carbonyl (C=O) groups excluding carboxylic acids is 1. The summed E-state index contributed by atoms with van der Waals surface area (Å²) < 4.78 is 2.65. The van der Waals surface area contributed by atoms with E-state index in [1.165, 1.54) is 12.8 Å². The van der Waals surface area contributed by atoms with Crippen LogP contribution in [-0.4, -0.2) is 33.8 Å². The second-order valence-corrected chi connectivity index (χ2v) is 6.45. The van der Waals surface area contributed by atoms with E-state index in [-0.39, 0.29) is 11.4 Å². The van der Waals surface area contributed by atoms with Gasteiger partial charge in [0, 0.05) is 13.1 Å². The molecule has 1 aliphatic heterocycles. The topological polar surface area (TPSA) is 59.0 Å². The molecular formula is C13H19BrN4O. The number of hydrogen-bond acceptors (Lipinski definition) is 3. The van der Waals surface area contributed by atoms with E-state index in [0.717, 1.165) is 29.6 Å². The molecule has 0 aromatic carbocycles. The second-order valence-electron chi connectivity index (χ2n) is 5.59. The Morgan fingerprint density at radius 1 is 1.68 bits per heavy atom. The molecule has 2 aliphatic rings. The lowest BCUT2D eigenvalue weighted by Crippen LogP contribution is -2.53. The highest BCUT2D eigenvalue weighted by Crippen LogP contribution is 2.36. The fraction of sp³-hybridized carbons (Fsp3) is 0.692. The van der Waals surface area contributed by atoms with Crippen molar-refractivity contribution in [3.63, 3.8) is 0 Å². The standard InChI is InChI=1S/C13H19BrN4O/c1-18-10(9(14)8-16-18)7-12(19)17-13-4-2-3-11(13)15-6-5-13/h8,11,15H,2-7H2,1H3,(H,17,19). The summed E-state index contributed by atoms with van der Waals surface area (Å²) >= 11 is 3.44. The van der Waals surface area contributed by atoms with Crippen LogP contribution in [0.25, 0.3) is 0 Å². The summed E-state index contributed by atoms with van der Waals surface area (Å²) in [6, 6.07) is 0.464. The van der Waals surface area contributed by atoms with E-state index in [1.54, 1.807) is 10.9 Å². The number of fused-ring (bicyclic) bond motifs is 1. The van der Waals surface area contributed by atoms with E-state index in [9.17, 15) is 4.79 Å². The Balaban J connectivity index is 1.69. The fourth-order valence-corrected chi connectivity index (χ4v) is 3.95. The monoisotopic (exact) mass is 326 g/mol. The van der Waals surface area contributed by atoms with Crippen molar-refractivity contribution in [2.24, 2.45) is 7.05 Å². The van der Waals surface area contributed by atoms with Crippen LogP contribution in [0.1, 0.15) is 31.4 Å². The van der Waals surface area contributed by atoms with Crippen LogP contribution in [0.2, 0.25) is 0 Å². The number of rotatable bonds is 3. The van der Waals surface area contributed by atoms with E-state index in [2.05, 4.69) is 31.7 Å². The van der Waals surface area contributed by atoms with Gasteiger partial charge in [-0.05, 0) is 48.2 Å². The molecule has 3 rings (SSSR count). The van der Waals surface area contributed by atoms with Gasteiger partial charge >= 0.3 is 0 Å². The van der Waals surface area contributed by atoms with Crippen LogP contribution in [0, 0.1) is 0 Å². The molecule has 6 heteroatoms. The predicted octanol–water partition coefficient (Wildman–Crippen LogP) is 1.13. The Morgan fingerprint density at radius 3 is 3.26 bits per heavy atom. The maximum absolute atomic E-state index is 12.3. The third kappa shape index (κ3) is 2.31. The van der Waals surface area contributed by atoms with Gasteiger partial charge in [0.2, 0.25) is 5.91 Å². The van der Waals surface area contributed by atoms with Crippen molar-refractivity contribution in [1.82, 2.24) is 20.4 Å². The highest BCUT2D eigenvalue weighted by Gasteiger charge is 2.46. The van der Waals surface area contributed by atoms with Gasteiger partial charge in [0.05, 0.1) is 28.3 Å². The van der Waals surface area contributed by atoms with Crippen LogP contribution < -0.4 is 10.6 Å². The van der Waals surface area contributed by atoms with Crippen molar-refractivity contribution in [2.45, 2.75) is 43.7 Å². The molecule has 1 aromatic rings. The summed E-state index contributed by atoms with van der Waals surface area (Å²) in [5.41, 5.74) is 0.928. The van der Waals surface area contributed by atoms with Crippen molar-refractivity contribution in [1.29, 1.82) is 0 Å². The highest BCUT2D eigenvalue weighted by molar-refractivity contribution is 9.10. The van der Waals surface area contributed by atoms with Gasteiger partial charge in [0.15, 0.2) is 0 Å². The van der Waals surface area contributed by atoms with Crippen LogP contribution in [0.15, 0.2) is 10.7 Å². The Morgan fingerprint density at radius 2 is 2.53 bits per heavy atom. The lowest BCUT2D eigenvalue weighted by atomic mass is 9.93. The molecule has 0 radical (unpaired) electrons. The lowest BCUT2D eigenvalue weighted by Gasteiger charge is -2.30. The first-order valence-corrected chi connectivity index (χ1v) is 7.61. The summed E-state index contributed by atoms with van der Waals surface area (Å²) in [5, 5.41) is 10.9. The molecule has 0 spiro atoms. The maximum Gasteiger partial charge on any atom is 0.226 e. The molecule has 1 amide bonds. The quantitative estimate of drug-likeness (QED) is 0.875. The van der Waals surface area contributed by atoms with Gasteiger partial charge in [-0.2, -0.15) is 5.10 Å². The lowest BCUT2D eigenvalue weighted by molar-refractivity contribution is -0.122. The Kier molecular flexibility index (Phi) is 3.39. The minimum atomic E-state index is 0.00214. The molecule has 2 unspecified atom stereocenters. The minimum Gasteiger partial charge on any atom is -0.349 e. The first-order chi connectivity index (χ1) is 9.11. The average molecular weight is 327 g/mol. The number of carbonyl (C=O) groups is 1. The molecule has 2 atom stereocenters. The van der Waals surface area contributed by atoms with E-state index in [4.69, 9.17) is 0 Å². The smallest absolute Gasteiger partial charge is 0.226 e. The molecule has 1 aliphatic carbocycles. The normalized spacial score (nSPS) is 29.5. The number of halogens is 1. The molecule has 0 bridgehead atoms. The average Bonchev–Trinajstić information content (AvgIpc) is 2.98. The first kappa shape index (κ1) is 13.1. The third-order valence-corrected chi connectivity index (χ3v) is 5.13. The number of aromatic nitrogens is 2. The SMILES string of the molecule is Cn1ncc(Br)c1CC(=O)NC12CCCC1NCC2. The van der Waals surface area contributed by atoms with Gasteiger partial charge in [0.1, 0.15) is 0 Å². The van der Waals surface area contributed by atoms with Crippen molar-refractivity contribution in [2.75, 3.05) is 6.54 Å². The summed E-state index contributed by atoms with van der Waals surface area (Å²) in [5.74, 6) is 0.0971. The van der Waals surface area contributed by atoms with E-state index in [0.29, 0.717) is 12.5 Å². The van der Waals surface area contributed by atoms with Crippen molar-refractivity contribution >= 4 is 21.8 Å². The summed E-state index contributed by atoms with van der Waals surface area (Å²) in [7, 11) is 1.86. The van der Waals surface area contributed by atoms with Gasteiger partial charge in [-0.25, -0.2) is 0 Å². The minimum absolute atomic E-state index is 0.00214. The van der Waals surface area contributed by atoms with Gasteiger partial charge in [-0.3, -0.25) is 9.48 Å². The molecule has 1 aromatic heterocycles. The van der Waals surface area contributed by atoms with Crippen LogP contribution in [-0.2, 0) is 18.3 Å². The van der Waals surface area contributed by atoms with E-state index >= 15 is 0 Å². The van der Waals surface area contributed by atoms with Gasteiger partial charge in [0.25, 0.3) is 0 Å². The van der Waals surface area contributed by atoms with Crippen molar-refractivity contribution < 1.29 is 4.79 Å². The van der Waals surface area contributed by atoms with Crippen LogP contribution >= 0.6 is 15.9 Å². The van der Waals surface area contributed by atoms with E-state index < -0.39 is 0 Å². The zero-order chi connectivity index (χ0) is 13.5. The Bertz CT molecular complexity index is 469. The molecular weight excluding hydrogens is 308 g/mol. The molecule has 5 nitrogen and oxygen atoms in total. The number of hydrogen-bond donors (Lipinski definition) is 2. The fourth-order valence-electron chi connectivity index (χ4n) is 3.46. The maximum atomic E-state index is 12.3. The second kappa shape index (κ2) is 4.90. The summed E-state index contributed by atoms with van der Waals surface area (Å²) in [6.07, 6.45) is 6.64. The molecule has 2 fully saturated rings. The zero-order valence-corrected chi connectivity index (χ0v) is 12.7. The molecule has 2 heterocycles. The Hall–Kier alpha value is -0.880. The van der Waals surface area contributed by atoms with Gasteiger partial charge < -0.3 is 10.6 Å². The molecule has 1 saturated heterocycles. The Labute approximate surface area is 121 Å².